The van der Waals surface area contributed by atoms with Gasteiger partial charge in [0.25, 0.3) is 0 Å². The van der Waals surface area contributed by atoms with Crippen molar-refractivity contribution >= 4 is 17.7 Å². The molecular weight excluding hydrogens is 262 g/mol. The Morgan fingerprint density at radius 1 is 1.63 bits per heavy atom. The van der Waals surface area contributed by atoms with Gasteiger partial charge in [0, 0.05) is 6.42 Å². The molecule has 1 amide bonds. The molecule has 1 unspecified atom stereocenters. The molecule has 0 saturated carbocycles. The van der Waals surface area contributed by atoms with Crippen molar-refractivity contribution in [2.75, 3.05) is 5.75 Å². The lowest BCUT2D eigenvalue weighted by Crippen LogP contribution is -2.49. The second-order valence-electron chi connectivity index (χ2n) is 4.72. The number of hydrogen-bond donors (Lipinski definition) is 2. The van der Waals surface area contributed by atoms with Crippen molar-refractivity contribution in [2.24, 2.45) is 5.92 Å². The maximum atomic E-state index is 11.8. The summed E-state index contributed by atoms with van der Waals surface area (Å²) < 4.78 is 0. The quantitative estimate of drug-likeness (QED) is 0.771. The van der Waals surface area contributed by atoms with E-state index in [9.17, 15) is 4.79 Å². The molecular formula is C12H19N5OS. The minimum absolute atomic E-state index is 0.0432. The predicted molar refractivity (Wildman–Crippen MR) is 73.5 cm³/mol. The van der Waals surface area contributed by atoms with Gasteiger partial charge in [0.15, 0.2) is 0 Å². The molecule has 6 nitrogen and oxygen atoms in total. The number of nitrogens with one attached hydrogen (secondary N) is 2. The molecule has 104 valence electrons. The monoisotopic (exact) mass is 281 g/mol. The van der Waals surface area contributed by atoms with Gasteiger partial charge in [-0.2, -0.15) is 5.26 Å². The number of nitriles is 1. The summed E-state index contributed by atoms with van der Waals surface area (Å²) in [5, 5.41) is 19.2. The summed E-state index contributed by atoms with van der Waals surface area (Å²) in [6.45, 7) is 7.50. The Balaban J connectivity index is 2.50. The Hall–Kier alpha value is -1.55. The smallest absolute Gasteiger partial charge is 0.231 e. The zero-order valence-electron chi connectivity index (χ0n) is 11.6. The molecule has 0 spiro atoms. The normalized spacial score (nSPS) is 13.9. The number of carbonyl (C=O) groups is 1. The number of nitrogens with zero attached hydrogens (tertiary/aromatic N) is 3. The third kappa shape index (κ3) is 4.24. The fourth-order valence-corrected chi connectivity index (χ4v) is 1.87. The van der Waals surface area contributed by atoms with Crippen molar-refractivity contribution in [3.8, 4) is 6.07 Å². The molecule has 1 atom stereocenters. The van der Waals surface area contributed by atoms with Crippen LogP contribution in [0.2, 0.25) is 0 Å². The maximum Gasteiger partial charge on any atom is 0.231 e. The third-order valence-corrected chi connectivity index (χ3v) is 3.81. The molecule has 1 aromatic heterocycles. The van der Waals surface area contributed by atoms with Gasteiger partial charge in [0.2, 0.25) is 11.1 Å². The van der Waals surface area contributed by atoms with Crippen molar-refractivity contribution in [3.63, 3.8) is 0 Å². The van der Waals surface area contributed by atoms with E-state index in [0.29, 0.717) is 5.16 Å². The van der Waals surface area contributed by atoms with Gasteiger partial charge < -0.3 is 5.32 Å². The summed E-state index contributed by atoms with van der Waals surface area (Å²) >= 11 is 1.25. The molecule has 0 aliphatic rings. The Morgan fingerprint density at radius 2 is 2.32 bits per heavy atom. The van der Waals surface area contributed by atoms with Crippen LogP contribution in [0.5, 0.6) is 0 Å². The molecule has 7 heteroatoms. The SMILES string of the molecule is CCc1nc(SCC(=O)NC(C)(C#N)C(C)C)n[nH]1. The lowest BCUT2D eigenvalue weighted by atomic mass is 9.90. The lowest BCUT2D eigenvalue weighted by molar-refractivity contribution is -0.120. The van der Waals surface area contributed by atoms with Gasteiger partial charge in [-0.3, -0.25) is 9.89 Å². The summed E-state index contributed by atoms with van der Waals surface area (Å²) in [6.07, 6.45) is 0.777. The van der Waals surface area contributed by atoms with Crippen molar-refractivity contribution in [1.82, 2.24) is 20.5 Å². The van der Waals surface area contributed by atoms with E-state index in [-0.39, 0.29) is 17.6 Å². The second-order valence-corrected chi connectivity index (χ2v) is 5.67. The Labute approximate surface area is 117 Å². The first kappa shape index (κ1) is 15.5. The predicted octanol–water partition coefficient (Wildman–Crippen LogP) is 1.51. The number of thioether (sulfide) groups is 1. The Bertz CT molecular complexity index is 479. The van der Waals surface area contributed by atoms with E-state index in [4.69, 9.17) is 5.26 Å². The number of H-pyrrole nitrogens is 1. The van der Waals surface area contributed by atoms with Crippen LogP contribution in [0, 0.1) is 17.2 Å². The fraction of sp³-hybridized carbons (Fsp3) is 0.667. The van der Waals surface area contributed by atoms with E-state index in [2.05, 4.69) is 26.6 Å². The first-order valence-corrected chi connectivity index (χ1v) is 7.16. The van der Waals surface area contributed by atoms with Gasteiger partial charge in [-0.15, -0.1) is 5.10 Å². The minimum Gasteiger partial charge on any atom is -0.337 e. The highest BCUT2D eigenvalue weighted by atomic mass is 32.2. The molecule has 0 saturated heterocycles. The molecule has 0 radical (unpaired) electrons. The Kier molecular flexibility index (Phi) is 5.36. The first-order chi connectivity index (χ1) is 8.91. The van der Waals surface area contributed by atoms with Crippen molar-refractivity contribution in [3.05, 3.63) is 5.82 Å². The maximum absolute atomic E-state index is 11.8. The molecule has 0 aromatic carbocycles. The lowest BCUT2D eigenvalue weighted by Gasteiger charge is -2.27. The van der Waals surface area contributed by atoms with E-state index in [1.54, 1.807) is 6.92 Å². The molecule has 1 heterocycles. The average molecular weight is 281 g/mol. The highest BCUT2D eigenvalue weighted by Gasteiger charge is 2.29. The van der Waals surface area contributed by atoms with Gasteiger partial charge in [-0.05, 0) is 12.8 Å². The zero-order chi connectivity index (χ0) is 14.5. The summed E-state index contributed by atoms with van der Waals surface area (Å²) in [4.78, 5) is 16.0. The molecule has 0 bridgehead atoms. The van der Waals surface area contributed by atoms with Crippen molar-refractivity contribution in [2.45, 2.75) is 44.8 Å². The average Bonchev–Trinajstić information content (AvgIpc) is 2.84. The standard InChI is InChI=1S/C12H19N5OS/c1-5-9-14-11(17-16-9)19-6-10(18)15-12(4,7-13)8(2)3/h8H,5-6H2,1-4H3,(H,15,18)(H,14,16,17). The highest BCUT2D eigenvalue weighted by molar-refractivity contribution is 7.99. The van der Waals surface area contributed by atoms with Crippen LogP contribution >= 0.6 is 11.8 Å². The summed E-state index contributed by atoms with van der Waals surface area (Å²) in [7, 11) is 0. The second kappa shape index (κ2) is 6.57. The highest BCUT2D eigenvalue weighted by Crippen LogP contribution is 2.17. The van der Waals surface area contributed by atoms with Crippen LogP contribution in [0.3, 0.4) is 0 Å². The number of rotatable bonds is 6. The van der Waals surface area contributed by atoms with Gasteiger partial charge in [0.05, 0.1) is 11.8 Å². The number of carbonyl (C=O) groups excluding carboxylic acids is 1. The van der Waals surface area contributed by atoms with Gasteiger partial charge in [-0.1, -0.05) is 32.5 Å². The van der Waals surface area contributed by atoms with E-state index in [1.165, 1.54) is 11.8 Å². The van der Waals surface area contributed by atoms with E-state index in [1.807, 2.05) is 20.8 Å². The fourth-order valence-electron chi connectivity index (χ4n) is 1.26. The van der Waals surface area contributed by atoms with Crippen LogP contribution in [0.4, 0.5) is 0 Å². The summed E-state index contributed by atoms with van der Waals surface area (Å²) in [5.41, 5.74) is -0.842. The van der Waals surface area contributed by atoms with E-state index in [0.717, 1.165) is 12.2 Å². The number of hydrogen-bond acceptors (Lipinski definition) is 5. The number of aryl methyl sites for hydroxylation is 1. The molecule has 1 aromatic rings. The molecule has 0 aliphatic carbocycles. The first-order valence-electron chi connectivity index (χ1n) is 6.17. The van der Waals surface area contributed by atoms with E-state index >= 15 is 0 Å². The van der Waals surface area contributed by atoms with Crippen LogP contribution < -0.4 is 5.32 Å². The Morgan fingerprint density at radius 3 is 2.79 bits per heavy atom. The van der Waals surface area contributed by atoms with Crippen LogP contribution in [0.15, 0.2) is 5.16 Å². The van der Waals surface area contributed by atoms with Crippen LogP contribution in [-0.4, -0.2) is 32.4 Å². The molecule has 1 rings (SSSR count). The summed E-state index contributed by atoms with van der Waals surface area (Å²) in [5.74, 6) is 0.851. The number of amides is 1. The molecule has 0 fully saturated rings. The van der Waals surface area contributed by atoms with Crippen molar-refractivity contribution < 1.29 is 4.79 Å². The number of aromatic nitrogens is 3. The van der Waals surface area contributed by atoms with Crippen LogP contribution in [0.25, 0.3) is 0 Å². The van der Waals surface area contributed by atoms with Crippen LogP contribution in [0.1, 0.15) is 33.5 Å². The van der Waals surface area contributed by atoms with Gasteiger partial charge in [-0.25, -0.2) is 4.98 Å². The van der Waals surface area contributed by atoms with E-state index < -0.39 is 5.54 Å². The minimum atomic E-state index is -0.842. The topological polar surface area (TPSA) is 94.5 Å². The molecule has 19 heavy (non-hydrogen) atoms. The molecule has 2 N–H and O–H groups in total. The third-order valence-electron chi connectivity index (χ3n) is 2.96. The summed E-state index contributed by atoms with van der Waals surface area (Å²) in [6, 6.07) is 2.14. The van der Waals surface area contributed by atoms with Crippen molar-refractivity contribution in [1.29, 1.82) is 5.26 Å². The number of aromatic amines is 1. The van der Waals surface area contributed by atoms with Gasteiger partial charge in [0.1, 0.15) is 11.4 Å². The zero-order valence-corrected chi connectivity index (χ0v) is 12.5. The van der Waals surface area contributed by atoms with Crippen LogP contribution in [-0.2, 0) is 11.2 Å². The van der Waals surface area contributed by atoms with Gasteiger partial charge >= 0.3 is 0 Å². The largest absolute Gasteiger partial charge is 0.337 e. The molecule has 0 aliphatic heterocycles.